The Morgan fingerprint density at radius 3 is 2.33 bits per heavy atom. The number of carbonyl (C=O) groups is 1. The van der Waals surface area contributed by atoms with Crippen LogP contribution in [-0.2, 0) is 0 Å². The Morgan fingerprint density at radius 2 is 1.75 bits per heavy atom. The zero-order valence-corrected chi connectivity index (χ0v) is 14.2. The van der Waals surface area contributed by atoms with E-state index in [1.807, 2.05) is 48.2 Å². The molecule has 0 saturated carbocycles. The van der Waals surface area contributed by atoms with Crippen LogP contribution in [-0.4, -0.2) is 48.0 Å². The molecule has 0 aliphatic carbocycles. The minimum Gasteiger partial charge on any atom is -0.378 e. The molecule has 126 valence electrons. The van der Waals surface area contributed by atoms with Crippen molar-refractivity contribution in [3.8, 4) is 0 Å². The first-order valence-electron chi connectivity index (χ1n) is 8.29. The summed E-state index contributed by atoms with van der Waals surface area (Å²) >= 11 is 0. The van der Waals surface area contributed by atoms with Gasteiger partial charge in [0, 0.05) is 38.6 Å². The summed E-state index contributed by atoms with van der Waals surface area (Å²) < 4.78 is 0. The Bertz CT molecular complexity index is 676. The summed E-state index contributed by atoms with van der Waals surface area (Å²) in [5.41, 5.74) is 2.48. The van der Waals surface area contributed by atoms with Gasteiger partial charge >= 0.3 is 0 Å². The second-order valence-corrected chi connectivity index (χ2v) is 6.21. The first-order valence-corrected chi connectivity index (χ1v) is 8.29. The largest absolute Gasteiger partial charge is 0.378 e. The minimum absolute atomic E-state index is 0.0240. The van der Waals surface area contributed by atoms with Crippen LogP contribution >= 0.6 is 0 Å². The van der Waals surface area contributed by atoms with Crippen molar-refractivity contribution in [3.63, 3.8) is 0 Å². The first-order chi connectivity index (χ1) is 11.6. The number of piperidine rings is 1. The molecule has 1 aliphatic heterocycles. The molecule has 1 amide bonds. The maximum atomic E-state index is 12.4. The number of nitrogens with zero attached hydrogens (tertiary/aromatic N) is 4. The Kier molecular flexibility index (Phi) is 4.93. The average molecular weight is 325 g/mol. The lowest BCUT2D eigenvalue weighted by atomic mass is 10.1. The number of anilines is 3. The summed E-state index contributed by atoms with van der Waals surface area (Å²) in [5, 5.41) is 3.20. The van der Waals surface area contributed by atoms with E-state index < -0.39 is 0 Å². The van der Waals surface area contributed by atoms with Gasteiger partial charge in [-0.15, -0.1) is 0 Å². The van der Waals surface area contributed by atoms with Crippen molar-refractivity contribution in [2.24, 2.45) is 0 Å². The highest BCUT2D eigenvalue weighted by Crippen LogP contribution is 2.19. The van der Waals surface area contributed by atoms with Crippen LogP contribution in [0.2, 0.25) is 0 Å². The Hall–Kier alpha value is -2.63. The quantitative estimate of drug-likeness (QED) is 0.936. The maximum absolute atomic E-state index is 12.4. The van der Waals surface area contributed by atoms with E-state index in [1.165, 1.54) is 6.42 Å². The summed E-state index contributed by atoms with van der Waals surface area (Å²) in [7, 11) is 4.01. The lowest BCUT2D eigenvalue weighted by Gasteiger charge is -2.26. The molecule has 1 saturated heterocycles. The summed E-state index contributed by atoms with van der Waals surface area (Å²) in [6.07, 6.45) is 6.50. The van der Waals surface area contributed by atoms with E-state index in [2.05, 4.69) is 15.3 Å². The molecule has 3 rings (SSSR count). The van der Waals surface area contributed by atoms with Crippen molar-refractivity contribution < 1.29 is 4.79 Å². The summed E-state index contributed by atoms with van der Waals surface area (Å²) in [6, 6.07) is 8.04. The summed E-state index contributed by atoms with van der Waals surface area (Å²) in [6.45, 7) is 1.64. The van der Waals surface area contributed by atoms with Gasteiger partial charge in [0.05, 0.1) is 12.4 Å². The Balaban J connectivity index is 1.64. The van der Waals surface area contributed by atoms with Gasteiger partial charge in [0.25, 0.3) is 5.91 Å². The van der Waals surface area contributed by atoms with Crippen molar-refractivity contribution in [2.75, 3.05) is 37.4 Å². The van der Waals surface area contributed by atoms with E-state index in [0.29, 0.717) is 11.5 Å². The smallest absolute Gasteiger partial charge is 0.274 e. The highest BCUT2D eigenvalue weighted by molar-refractivity contribution is 5.92. The van der Waals surface area contributed by atoms with Crippen LogP contribution in [0.25, 0.3) is 0 Å². The van der Waals surface area contributed by atoms with E-state index in [4.69, 9.17) is 0 Å². The van der Waals surface area contributed by atoms with E-state index >= 15 is 0 Å². The van der Waals surface area contributed by atoms with Gasteiger partial charge < -0.3 is 15.1 Å². The zero-order chi connectivity index (χ0) is 16.9. The van der Waals surface area contributed by atoms with Gasteiger partial charge in [-0.1, -0.05) is 0 Å². The lowest BCUT2D eigenvalue weighted by molar-refractivity contribution is 0.0718. The molecule has 1 N–H and O–H groups in total. The van der Waals surface area contributed by atoms with Crippen molar-refractivity contribution in [3.05, 3.63) is 42.4 Å². The van der Waals surface area contributed by atoms with Crippen molar-refractivity contribution in [1.82, 2.24) is 14.9 Å². The molecule has 0 atom stereocenters. The van der Waals surface area contributed by atoms with E-state index in [-0.39, 0.29) is 5.91 Å². The van der Waals surface area contributed by atoms with Crippen LogP contribution in [0.1, 0.15) is 29.8 Å². The summed E-state index contributed by atoms with van der Waals surface area (Å²) in [5.74, 6) is 0.604. The fourth-order valence-corrected chi connectivity index (χ4v) is 2.75. The molecular formula is C18H23N5O. The topological polar surface area (TPSA) is 61.4 Å². The molecule has 0 spiro atoms. The van der Waals surface area contributed by atoms with Gasteiger partial charge in [-0.2, -0.15) is 0 Å². The van der Waals surface area contributed by atoms with Crippen LogP contribution < -0.4 is 10.2 Å². The molecule has 2 aromatic rings. The van der Waals surface area contributed by atoms with Crippen LogP contribution in [0.3, 0.4) is 0 Å². The predicted octanol–water partition coefficient (Wildman–Crippen LogP) is 2.91. The molecular weight excluding hydrogens is 302 g/mol. The van der Waals surface area contributed by atoms with Crippen LogP contribution in [0.5, 0.6) is 0 Å². The van der Waals surface area contributed by atoms with E-state index in [9.17, 15) is 4.79 Å². The number of amides is 1. The molecule has 0 unspecified atom stereocenters. The molecule has 2 heterocycles. The molecule has 1 aromatic heterocycles. The Morgan fingerprint density at radius 1 is 1.04 bits per heavy atom. The molecule has 6 nitrogen and oxygen atoms in total. The van der Waals surface area contributed by atoms with Crippen molar-refractivity contribution in [2.45, 2.75) is 19.3 Å². The number of hydrogen-bond donors (Lipinski definition) is 1. The van der Waals surface area contributed by atoms with Crippen molar-refractivity contribution >= 4 is 23.1 Å². The highest BCUT2D eigenvalue weighted by atomic mass is 16.2. The van der Waals surface area contributed by atoms with Gasteiger partial charge in [-0.05, 0) is 43.5 Å². The number of aromatic nitrogens is 2. The van der Waals surface area contributed by atoms with Gasteiger partial charge in [-0.25, -0.2) is 9.97 Å². The van der Waals surface area contributed by atoms with Crippen LogP contribution in [0, 0.1) is 0 Å². The van der Waals surface area contributed by atoms with Gasteiger partial charge in [-0.3, -0.25) is 4.79 Å². The van der Waals surface area contributed by atoms with Gasteiger partial charge in [0.1, 0.15) is 11.5 Å². The highest BCUT2D eigenvalue weighted by Gasteiger charge is 2.19. The predicted molar refractivity (Wildman–Crippen MR) is 95.8 cm³/mol. The number of likely N-dealkylation sites (tertiary alicyclic amines) is 1. The minimum atomic E-state index is -0.0240. The number of rotatable bonds is 4. The third kappa shape index (κ3) is 3.82. The van der Waals surface area contributed by atoms with Gasteiger partial charge in [0.2, 0.25) is 0 Å². The zero-order valence-electron chi connectivity index (χ0n) is 14.2. The fourth-order valence-electron chi connectivity index (χ4n) is 2.75. The average Bonchev–Trinajstić information content (AvgIpc) is 2.63. The van der Waals surface area contributed by atoms with Crippen LogP contribution in [0.15, 0.2) is 36.7 Å². The molecule has 0 radical (unpaired) electrons. The van der Waals surface area contributed by atoms with Gasteiger partial charge in [0.15, 0.2) is 0 Å². The Labute approximate surface area is 142 Å². The fraction of sp³-hybridized carbons (Fsp3) is 0.389. The maximum Gasteiger partial charge on any atom is 0.274 e. The second kappa shape index (κ2) is 7.29. The third-order valence-electron chi connectivity index (χ3n) is 4.17. The first kappa shape index (κ1) is 16.2. The second-order valence-electron chi connectivity index (χ2n) is 6.21. The molecule has 1 aliphatic rings. The third-order valence-corrected chi connectivity index (χ3v) is 4.17. The normalized spacial score (nSPS) is 14.3. The summed E-state index contributed by atoms with van der Waals surface area (Å²) in [4.78, 5) is 24.9. The standard InChI is InChI=1S/C18H23N5O/c1-22(2)15-8-6-14(7-9-15)21-17-13-19-16(12-20-17)18(24)23-10-4-3-5-11-23/h6-9,12-13H,3-5,10-11H2,1-2H3,(H,20,21). The van der Waals surface area contributed by atoms with E-state index in [0.717, 1.165) is 37.3 Å². The monoisotopic (exact) mass is 325 g/mol. The van der Waals surface area contributed by atoms with E-state index in [1.54, 1.807) is 12.4 Å². The molecule has 0 bridgehead atoms. The van der Waals surface area contributed by atoms with Crippen molar-refractivity contribution in [1.29, 1.82) is 0 Å². The number of carbonyl (C=O) groups excluding carboxylic acids is 1. The molecule has 1 aromatic carbocycles. The number of benzene rings is 1. The SMILES string of the molecule is CN(C)c1ccc(Nc2cnc(C(=O)N3CCCCC3)cn2)cc1. The molecule has 24 heavy (non-hydrogen) atoms. The molecule has 6 heteroatoms. The number of nitrogens with one attached hydrogen (secondary N) is 1. The molecule has 1 fully saturated rings. The number of hydrogen-bond acceptors (Lipinski definition) is 5. The van der Waals surface area contributed by atoms with Crippen LogP contribution in [0.4, 0.5) is 17.2 Å². The lowest BCUT2D eigenvalue weighted by Crippen LogP contribution is -2.36.